The van der Waals surface area contributed by atoms with Crippen molar-refractivity contribution in [3.05, 3.63) is 42.5 Å². The van der Waals surface area contributed by atoms with Crippen molar-refractivity contribution in [2.24, 2.45) is 11.8 Å². The van der Waals surface area contributed by atoms with Crippen LogP contribution in [0.1, 0.15) is 17.3 Å². The van der Waals surface area contributed by atoms with E-state index in [4.69, 9.17) is 0 Å². The third-order valence-corrected chi connectivity index (χ3v) is 3.68. The lowest BCUT2D eigenvalue weighted by atomic mass is 9.97. The number of carbonyl (C=O) groups excluding carboxylic acids is 2. The minimum atomic E-state index is -0.151. The van der Waals surface area contributed by atoms with E-state index in [1.807, 2.05) is 0 Å². The van der Waals surface area contributed by atoms with Crippen molar-refractivity contribution in [2.75, 3.05) is 25.0 Å². The summed E-state index contributed by atoms with van der Waals surface area (Å²) in [5.41, 5.74) is 1.27. The van der Waals surface area contributed by atoms with Crippen molar-refractivity contribution in [2.45, 2.75) is 6.92 Å². The van der Waals surface area contributed by atoms with Crippen LogP contribution in [0.15, 0.2) is 36.9 Å². The van der Waals surface area contributed by atoms with Crippen molar-refractivity contribution in [1.29, 1.82) is 0 Å². The van der Waals surface area contributed by atoms with Gasteiger partial charge in [0.05, 0.1) is 5.92 Å². The Kier molecular flexibility index (Phi) is 5.11. The van der Waals surface area contributed by atoms with Gasteiger partial charge in [0.25, 0.3) is 5.91 Å². The van der Waals surface area contributed by atoms with E-state index < -0.39 is 0 Å². The molecule has 2 rings (SSSR count). The Labute approximate surface area is 124 Å². The number of rotatable bonds is 5. The van der Waals surface area contributed by atoms with Crippen molar-refractivity contribution < 1.29 is 9.59 Å². The van der Waals surface area contributed by atoms with Gasteiger partial charge < -0.3 is 16.0 Å². The van der Waals surface area contributed by atoms with Crippen LogP contribution in [0, 0.1) is 11.8 Å². The third-order valence-electron chi connectivity index (χ3n) is 3.68. The molecule has 112 valence electrons. The lowest BCUT2D eigenvalue weighted by molar-refractivity contribution is -0.120. The molecule has 5 nitrogen and oxygen atoms in total. The molecule has 2 amide bonds. The van der Waals surface area contributed by atoms with Gasteiger partial charge in [0.1, 0.15) is 0 Å². The summed E-state index contributed by atoms with van der Waals surface area (Å²) < 4.78 is 0. The molecule has 1 fully saturated rings. The maximum Gasteiger partial charge on any atom is 0.251 e. The van der Waals surface area contributed by atoms with Crippen LogP contribution >= 0.6 is 0 Å². The number of nitrogens with one attached hydrogen (secondary N) is 3. The fraction of sp³-hybridized carbons (Fsp3) is 0.375. The third kappa shape index (κ3) is 3.92. The van der Waals surface area contributed by atoms with Gasteiger partial charge >= 0.3 is 0 Å². The number of benzene rings is 1. The molecule has 1 aromatic rings. The highest BCUT2D eigenvalue weighted by Gasteiger charge is 2.29. The molecule has 3 N–H and O–H groups in total. The normalized spacial score (nSPS) is 20.8. The second-order valence-corrected chi connectivity index (χ2v) is 5.31. The minimum Gasteiger partial charge on any atom is -0.349 e. The van der Waals surface area contributed by atoms with Crippen molar-refractivity contribution in [3.63, 3.8) is 0 Å². The van der Waals surface area contributed by atoms with Gasteiger partial charge in [-0.1, -0.05) is 13.0 Å². The fourth-order valence-electron chi connectivity index (χ4n) is 2.37. The topological polar surface area (TPSA) is 70.2 Å². The highest BCUT2D eigenvalue weighted by atomic mass is 16.2. The van der Waals surface area contributed by atoms with Gasteiger partial charge in [-0.3, -0.25) is 9.59 Å². The van der Waals surface area contributed by atoms with E-state index in [1.54, 1.807) is 30.3 Å². The first-order valence-corrected chi connectivity index (χ1v) is 7.12. The predicted octanol–water partition coefficient (Wildman–Crippen LogP) is 1.40. The van der Waals surface area contributed by atoms with E-state index in [-0.39, 0.29) is 17.7 Å². The Morgan fingerprint density at radius 2 is 2.05 bits per heavy atom. The summed E-state index contributed by atoms with van der Waals surface area (Å²) in [7, 11) is 0. The molecule has 0 aliphatic carbocycles. The molecule has 0 saturated carbocycles. The van der Waals surface area contributed by atoms with E-state index >= 15 is 0 Å². The molecular weight excluding hydrogens is 266 g/mol. The predicted molar refractivity (Wildman–Crippen MR) is 83.1 cm³/mol. The lowest BCUT2D eigenvalue weighted by Crippen LogP contribution is -2.28. The molecule has 1 aromatic carbocycles. The molecule has 1 aliphatic heterocycles. The highest BCUT2D eigenvalue weighted by Crippen LogP contribution is 2.18. The average molecular weight is 287 g/mol. The number of amides is 2. The molecule has 0 unspecified atom stereocenters. The Morgan fingerprint density at radius 3 is 2.62 bits per heavy atom. The maximum absolute atomic E-state index is 12.1. The zero-order valence-electron chi connectivity index (χ0n) is 12.2. The maximum atomic E-state index is 12.1. The number of anilines is 1. The van der Waals surface area contributed by atoms with E-state index in [0.717, 1.165) is 13.1 Å². The monoisotopic (exact) mass is 287 g/mol. The van der Waals surface area contributed by atoms with Crippen LogP contribution < -0.4 is 16.0 Å². The molecule has 5 heteroatoms. The highest BCUT2D eigenvalue weighted by molar-refractivity contribution is 5.96. The second-order valence-electron chi connectivity index (χ2n) is 5.31. The van der Waals surface area contributed by atoms with Gasteiger partial charge in [0.2, 0.25) is 5.91 Å². The summed E-state index contributed by atoms with van der Waals surface area (Å²) in [6.45, 7) is 7.64. The second kappa shape index (κ2) is 7.04. The summed E-state index contributed by atoms with van der Waals surface area (Å²) in [4.78, 5) is 23.9. The van der Waals surface area contributed by atoms with Crippen molar-refractivity contribution >= 4 is 17.5 Å². The molecule has 2 atom stereocenters. The molecule has 0 radical (unpaired) electrons. The van der Waals surface area contributed by atoms with Crippen molar-refractivity contribution in [3.8, 4) is 0 Å². The Hall–Kier alpha value is -2.14. The Bertz CT molecular complexity index is 525. The molecule has 21 heavy (non-hydrogen) atoms. The van der Waals surface area contributed by atoms with E-state index in [9.17, 15) is 9.59 Å². The zero-order valence-corrected chi connectivity index (χ0v) is 12.2. The SMILES string of the molecule is C=CCNC(=O)c1ccc(NC(=O)[C@@H]2CNC[C@H]2C)cc1. The van der Waals surface area contributed by atoms with E-state index in [2.05, 4.69) is 29.5 Å². The molecule has 1 saturated heterocycles. The van der Waals surface area contributed by atoms with E-state index in [0.29, 0.717) is 23.7 Å². The number of hydrogen-bond acceptors (Lipinski definition) is 3. The van der Waals surface area contributed by atoms with Crippen molar-refractivity contribution in [1.82, 2.24) is 10.6 Å². The summed E-state index contributed by atoms with van der Waals surface area (Å²) in [6, 6.07) is 6.89. The van der Waals surface area contributed by atoms with Crippen LogP contribution in [-0.2, 0) is 4.79 Å². The van der Waals surface area contributed by atoms with Gasteiger partial charge in [-0.25, -0.2) is 0 Å². The standard InChI is InChI=1S/C16H21N3O2/c1-3-8-18-15(20)12-4-6-13(7-5-12)19-16(21)14-10-17-9-11(14)2/h3-7,11,14,17H,1,8-10H2,2H3,(H,18,20)(H,19,21)/t11-,14-/m1/s1. The largest absolute Gasteiger partial charge is 0.349 e. The van der Waals surface area contributed by atoms with Crippen LogP contribution in [0.3, 0.4) is 0 Å². The Morgan fingerprint density at radius 1 is 1.33 bits per heavy atom. The molecule has 1 aliphatic rings. The zero-order chi connectivity index (χ0) is 15.2. The summed E-state index contributed by atoms with van der Waals surface area (Å²) in [5.74, 6) is 0.215. The van der Waals surface area contributed by atoms with Crippen LogP contribution in [0.2, 0.25) is 0 Å². The lowest BCUT2D eigenvalue weighted by Gasteiger charge is -2.14. The number of hydrogen-bond donors (Lipinski definition) is 3. The first-order chi connectivity index (χ1) is 10.1. The van der Waals surface area contributed by atoms with Crippen LogP contribution in [0.25, 0.3) is 0 Å². The quantitative estimate of drug-likeness (QED) is 0.717. The van der Waals surface area contributed by atoms with Gasteiger partial charge in [-0.15, -0.1) is 6.58 Å². The first kappa shape index (κ1) is 15.3. The van der Waals surface area contributed by atoms with Crippen LogP contribution in [0.4, 0.5) is 5.69 Å². The minimum absolute atomic E-state index is 0.000525. The van der Waals surface area contributed by atoms with Crippen LogP contribution in [-0.4, -0.2) is 31.4 Å². The molecule has 0 bridgehead atoms. The summed E-state index contributed by atoms with van der Waals surface area (Å²) in [6.07, 6.45) is 1.63. The van der Waals surface area contributed by atoms with Gasteiger partial charge in [-0.05, 0) is 36.7 Å². The molecule has 0 spiro atoms. The Balaban J connectivity index is 1.94. The molecular formula is C16H21N3O2. The van der Waals surface area contributed by atoms with E-state index in [1.165, 1.54) is 0 Å². The smallest absolute Gasteiger partial charge is 0.251 e. The van der Waals surface area contributed by atoms with Gasteiger partial charge in [-0.2, -0.15) is 0 Å². The summed E-state index contributed by atoms with van der Waals surface area (Å²) >= 11 is 0. The van der Waals surface area contributed by atoms with Gasteiger partial charge in [0.15, 0.2) is 0 Å². The number of carbonyl (C=O) groups is 2. The van der Waals surface area contributed by atoms with Crippen LogP contribution in [0.5, 0.6) is 0 Å². The summed E-state index contributed by atoms with van der Waals surface area (Å²) in [5, 5.41) is 8.81. The fourth-order valence-corrected chi connectivity index (χ4v) is 2.37. The molecule has 0 aromatic heterocycles. The molecule has 1 heterocycles. The average Bonchev–Trinajstić information content (AvgIpc) is 2.91. The van der Waals surface area contributed by atoms with Gasteiger partial charge in [0, 0.05) is 24.3 Å². The first-order valence-electron chi connectivity index (χ1n) is 7.12.